The molecule has 0 spiro atoms. The van der Waals surface area contributed by atoms with Gasteiger partial charge in [-0.2, -0.15) is 0 Å². The SMILES string of the molecule is CCC[C@H](NC(=O)C1CC(Oc2cc(-c3ccccc3)nc3cc(OC)ccc23)C=C1C(=O)N[C@H](C(=O)NC(C(=O)OC)C1CCCCC1)C(C)C)C(=O)O. The van der Waals surface area contributed by atoms with E-state index < -0.39 is 65.7 Å². The molecule has 13 heteroatoms. The number of pyridine rings is 1. The number of carbonyl (C=O) groups excluding carboxylic acids is 4. The fraction of sp³-hybridized carbons (Fsp3) is 0.476. The van der Waals surface area contributed by atoms with E-state index in [-0.39, 0.29) is 24.3 Å². The van der Waals surface area contributed by atoms with Gasteiger partial charge in [-0.3, -0.25) is 14.4 Å². The van der Waals surface area contributed by atoms with Crippen LogP contribution in [-0.4, -0.2) is 78.2 Å². The Morgan fingerprint density at radius 1 is 0.927 bits per heavy atom. The Hall–Kier alpha value is -5.46. The molecule has 1 aromatic heterocycles. The lowest BCUT2D eigenvalue weighted by molar-refractivity contribution is -0.147. The van der Waals surface area contributed by atoms with E-state index in [9.17, 15) is 29.1 Å². The van der Waals surface area contributed by atoms with Crippen molar-refractivity contribution in [2.24, 2.45) is 17.8 Å². The van der Waals surface area contributed by atoms with Crippen LogP contribution >= 0.6 is 0 Å². The van der Waals surface area contributed by atoms with Crippen LogP contribution in [0.25, 0.3) is 22.2 Å². The maximum Gasteiger partial charge on any atom is 0.328 e. The fourth-order valence-corrected chi connectivity index (χ4v) is 7.41. The number of aliphatic carboxylic acids is 1. The molecule has 3 amide bonds. The molecule has 0 bridgehead atoms. The van der Waals surface area contributed by atoms with Gasteiger partial charge in [0, 0.05) is 35.1 Å². The minimum absolute atomic E-state index is 0.0261. The average molecular weight is 757 g/mol. The number of methoxy groups -OCH3 is 2. The van der Waals surface area contributed by atoms with Gasteiger partial charge in [0.1, 0.15) is 35.7 Å². The molecule has 5 atom stereocenters. The van der Waals surface area contributed by atoms with Gasteiger partial charge in [-0.15, -0.1) is 0 Å². The third kappa shape index (κ3) is 10.00. The molecule has 1 heterocycles. The Morgan fingerprint density at radius 3 is 2.29 bits per heavy atom. The maximum atomic E-state index is 14.2. The highest BCUT2D eigenvalue weighted by Gasteiger charge is 2.40. The van der Waals surface area contributed by atoms with Crippen LogP contribution < -0.4 is 25.4 Å². The summed E-state index contributed by atoms with van der Waals surface area (Å²) in [6.07, 6.45) is 5.99. The van der Waals surface area contributed by atoms with Crippen LogP contribution in [0.1, 0.15) is 72.1 Å². The molecular weight excluding hydrogens is 704 g/mol. The maximum absolute atomic E-state index is 14.2. The second kappa shape index (κ2) is 18.7. The van der Waals surface area contributed by atoms with Crippen LogP contribution in [0.3, 0.4) is 0 Å². The molecular formula is C42H52N4O9. The summed E-state index contributed by atoms with van der Waals surface area (Å²) < 4.78 is 17.1. The molecule has 4 N–H and O–H groups in total. The van der Waals surface area contributed by atoms with Crippen molar-refractivity contribution >= 4 is 40.6 Å². The lowest BCUT2D eigenvalue weighted by Gasteiger charge is -2.31. The number of amides is 3. The van der Waals surface area contributed by atoms with Crippen molar-refractivity contribution in [3.63, 3.8) is 0 Å². The largest absolute Gasteiger partial charge is 0.497 e. The number of ether oxygens (including phenoxy) is 3. The van der Waals surface area contributed by atoms with E-state index >= 15 is 0 Å². The van der Waals surface area contributed by atoms with Gasteiger partial charge < -0.3 is 35.3 Å². The quantitative estimate of drug-likeness (QED) is 0.139. The van der Waals surface area contributed by atoms with Crippen LogP contribution in [0, 0.1) is 17.8 Å². The number of benzene rings is 2. The van der Waals surface area contributed by atoms with Crippen molar-refractivity contribution in [1.82, 2.24) is 20.9 Å². The lowest BCUT2D eigenvalue weighted by atomic mass is 9.83. The molecule has 13 nitrogen and oxygen atoms in total. The number of carboxylic acids is 1. The zero-order valence-corrected chi connectivity index (χ0v) is 32.1. The Kier molecular flexibility index (Phi) is 13.9. The van der Waals surface area contributed by atoms with Gasteiger partial charge in [-0.25, -0.2) is 14.6 Å². The van der Waals surface area contributed by atoms with Gasteiger partial charge in [0.25, 0.3) is 0 Å². The summed E-state index contributed by atoms with van der Waals surface area (Å²) in [7, 11) is 2.85. The number of nitrogens with zero attached hydrogens (tertiary/aromatic N) is 1. The summed E-state index contributed by atoms with van der Waals surface area (Å²) in [4.78, 5) is 71.5. The van der Waals surface area contributed by atoms with Gasteiger partial charge in [-0.1, -0.05) is 76.8 Å². The predicted octanol–water partition coefficient (Wildman–Crippen LogP) is 5.35. The first kappa shape index (κ1) is 40.7. The molecule has 294 valence electrons. The molecule has 0 saturated heterocycles. The highest BCUT2D eigenvalue weighted by atomic mass is 16.5. The Morgan fingerprint density at radius 2 is 1.65 bits per heavy atom. The second-order valence-corrected chi connectivity index (χ2v) is 14.6. The van der Waals surface area contributed by atoms with Gasteiger partial charge >= 0.3 is 11.9 Å². The van der Waals surface area contributed by atoms with E-state index in [1.165, 1.54) is 7.11 Å². The van der Waals surface area contributed by atoms with Gasteiger partial charge in [0.15, 0.2) is 0 Å². The van der Waals surface area contributed by atoms with Crippen LogP contribution in [-0.2, 0) is 28.7 Å². The third-order valence-corrected chi connectivity index (χ3v) is 10.4. The first-order chi connectivity index (χ1) is 26.4. The number of carbonyl (C=O) groups is 5. The number of hydrogen-bond acceptors (Lipinski definition) is 9. The van der Waals surface area contributed by atoms with Crippen molar-refractivity contribution in [3.05, 3.63) is 66.2 Å². The smallest absolute Gasteiger partial charge is 0.328 e. The topological polar surface area (TPSA) is 182 Å². The zero-order valence-electron chi connectivity index (χ0n) is 32.1. The molecule has 5 rings (SSSR count). The molecule has 3 aromatic rings. The van der Waals surface area contributed by atoms with Crippen molar-refractivity contribution in [3.8, 4) is 22.8 Å². The molecule has 1 fully saturated rings. The molecule has 0 radical (unpaired) electrons. The van der Waals surface area contributed by atoms with Crippen molar-refractivity contribution < 1.29 is 43.3 Å². The molecule has 2 aliphatic rings. The van der Waals surface area contributed by atoms with E-state index in [1.54, 1.807) is 45.2 Å². The van der Waals surface area contributed by atoms with Gasteiger partial charge in [0.05, 0.1) is 31.3 Å². The summed E-state index contributed by atoms with van der Waals surface area (Å²) in [6, 6.07) is 13.7. The summed E-state index contributed by atoms with van der Waals surface area (Å²) in [5, 5.41) is 18.8. The number of esters is 1. The molecule has 2 aromatic carbocycles. The van der Waals surface area contributed by atoms with Gasteiger partial charge in [0.2, 0.25) is 17.7 Å². The van der Waals surface area contributed by atoms with Crippen LogP contribution in [0.4, 0.5) is 0 Å². The standard InChI is InChI=1S/C42H52N4O9/c1-6-13-32(41(50)51)44-38(47)30-20-28(55-35-23-33(25-14-9-7-10-15-25)43-34-22-27(53-4)18-19-29(34)35)21-31(30)39(48)45-36(24(2)3)40(49)46-37(42(52)54-5)26-16-11-8-12-17-26/h7,9-10,14-15,18-19,21-24,26,28,30,32,36-37H,6,8,11-13,16-17,20H2,1-5H3,(H,44,47)(H,45,48)(H,46,49)(H,50,51)/t28?,30?,32-,36-,37?/m0/s1. The van der Waals surface area contributed by atoms with Gasteiger partial charge in [-0.05, 0) is 49.3 Å². The summed E-state index contributed by atoms with van der Waals surface area (Å²) in [5.74, 6) is -4.10. The summed E-state index contributed by atoms with van der Waals surface area (Å²) in [6.45, 7) is 5.36. The number of fused-ring (bicyclic) bond motifs is 1. The average Bonchev–Trinajstić information content (AvgIpc) is 3.62. The number of carboxylic acid groups (broad SMARTS) is 1. The van der Waals surface area contributed by atoms with E-state index in [0.29, 0.717) is 34.5 Å². The first-order valence-electron chi connectivity index (χ1n) is 19.1. The minimum atomic E-state index is -1.18. The predicted molar refractivity (Wildman–Crippen MR) is 206 cm³/mol. The normalized spacial score (nSPS) is 18.8. The number of hydrogen-bond donors (Lipinski definition) is 4. The number of rotatable bonds is 16. The highest BCUT2D eigenvalue weighted by molar-refractivity contribution is 6.03. The summed E-state index contributed by atoms with van der Waals surface area (Å²) in [5.41, 5.74) is 2.14. The molecule has 55 heavy (non-hydrogen) atoms. The molecule has 3 unspecified atom stereocenters. The molecule has 0 aliphatic heterocycles. The monoisotopic (exact) mass is 756 g/mol. The Bertz CT molecular complexity index is 1890. The van der Waals surface area contributed by atoms with Crippen molar-refractivity contribution in [1.29, 1.82) is 0 Å². The van der Waals surface area contributed by atoms with E-state index in [0.717, 1.165) is 37.7 Å². The summed E-state index contributed by atoms with van der Waals surface area (Å²) >= 11 is 0. The second-order valence-electron chi connectivity index (χ2n) is 14.6. The van der Waals surface area contributed by atoms with E-state index in [4.69, 9.17) is 19.2 Å². The number of nitrogens with one attached hydrogen (secondary N) is 3. The third-order valence-electron chi connectivity index (χ3n) is 10.4. The minimum Gasteiger partial charge on any atom is -0.497 e. The number of aromatic nitrogens is 1. The Labute approximate surface area is 321 Å². The molecule has 2 aliphatic carbocycles. The van der Waals surface area contributed by atoms with Crippen LogP contribution in [0.2, 0.25) is 0 Å². The highest BCUT2D eigenvalue weighted by Crippen LogP contribution is 2.36. The van der Waals surface area contributed by atoms with Crippen molar-refractivity contribution in [2.75, 3.05) is 14.2 Å². The Balaban J connectivity index is 1.46. The first-order valence-corrected chi connectivity index (χ1v) is 19.1. The van der Waals surface area contributed by atoms with Crippen LogP contribution in [0.15, 0.2) is 66.2 Å². The lowest BCUT2D eigenvalue weighted by Crippen LogP contribution is -2.56. The van der Waals surface area contributed by atoms with Crippen molar-refractivity contribution in [2.45, 2.75) is 96.4 Å². The fourth-order valence-electron chi connectivity index (χ4n) is 7.41. The van der Waals surface area contributed by atoms with Crippen LogP contribution in [0.5, 0.6) is 11.5 Å². The molecule has 1 saturated carbocycles. The van der Waals surface area contributed by atoms with E-state index in [1.807, 2.05) is 43.3 Å². The van der Waals surface area contributed by atoms with E-state index in [2.05, 4.69) is 16.0 Å². The zero-order chi connectivity index (χ0) is 39.6.